The number of aliphatic imine (C=N–C) groups is 1. The molecule has 0 bridgehead atoms. The fourth-order valence-corrected chi connectivity index (χ4v) is 3.92. The van der Waals surface area contributed by atoms with Crippen LogP contribution in [0.5, 0.6) is 0 Å². The Kier molecular flexibility index (Phi) is 11.3. The van der Waals surface area contributed by atoms with Gasteiger partial charge in [-0.25, -0.2) is 0 Å². The number of piperidine rings is 1. The molecule has 25 heavy (non-hydrogen) atoms. The molecule has 0 spiro atoms. The maximum absolute atomic E-state index is 5.28. The van der Waals surface area contributed by atoms with Gasteiger partial charge in [-0.15, -0.1) is 24.0 Å². The number of halogens is 1. The summed E-state index contributed by atoms with van der Waals surface area (Å²) >= 11 is 0. The summed E-state index contributed by atoms with van der Waals surface area (Å²) in [4.78, 5) is 7.01. The molecule has 1 atom stereocenters. The number of hydrogen-bond acceptors (Lipinski definition) is 3. The van der Waals surface area contributed by atoms with Crippen LogP contribution in [-0.2, 0) is 4.74 Å². The second kappa shape index (κ2) is 12.3. The van der Waals surface area contributed by atoms with Crippen LogP contribution >= 0.6 is 24.0 Å². The van der Waals surface area contributed by atoms with Gasteiger partial charge in [-0.2, -0.15) is 0 Å². The van der Waals surface area contributed by atoms with Crippen LogP contribution in [0.1, 0.15) is 51.9 Å². The highest BCUT2D eigenvalue weighted by Crippen LogP contribution is 2.43. The molecule has 148 valence electrons. The van der Waals surface area contributed by atoms with Crippen LogP contribution in [0.15, 0.2) is 4.99 Å². The second-order valence-corrected chi connectivity index (χ2v) is 7.87. The molecule has 0 amide bonds. The van der Waals surface area contributed by atoms with Gasteiger partial charge in [0.2, 0.25) is 0 Å². The summed E-state index contributed by atoms with van der Waals surface area (Å²) in [5, 5.41) is 7.07. The van der Waals surface area contributed by atoms with E-state index in [-0.39, 0.29) is 24.0 Å². The normalized spacial score (nSPS) is 21.8. The highest BCUT2D eigenvalue weighted by atomic mass is 127. The third-order valence-corrected chi connectivity index (χ3v) is 5.74. The minimum absolute atomic E-state index is 0. The van der Waals surface area contributed by atoms with Gasteiger partial charge in [0.05, 0.1) is 0 Å². The Bertz CT molecular complexity index is 382. The van der Waals surface area contributed by atoms with Crippen LogP contribution in [0, 0.1) is 11.3 Å². The summed E-state index contributed by atoms with van der Waals surface area (Å²) in [6.45, 7) is 8.94. The van der Waals surface area contributed by atoms with Gasteiger partial charge in [0, 0.05) is 40.4 Å². The second-order valence-electron chi connectivity index (χ2n) is 7.87. The van der Waals surface area contributed by atoms with E-state index >= 15 is 0 Å². The van der Waals surface area contributed by atoms with Crippen LogP contribution in [0.4, 0.5) is 0 Å². The topological polar surface area (TPSA) is 48.9 Å². The van der Waals surface area contributed by atoms with E-state index in [0.717, 1.165) is 32.1 Å². The van der Waals surface area contributed by atoms with E-state index in [0.29, 0.717) is 11.3 Å². The quantitative estimate of drug-likeness (QED) is 0.312. The first-order chi connectivity index (χ1) is 11.7. The lowest BCUT2D eigenvalue weighted by Gasteiger charge is -2.42. The summed E-state index contributed by atoms with van der Waals surface area (Å²) in [6.07, 6.45) is 9.27. The summed E-state index contributed by atoms with van der Waals surface area (Å²) in [6, 6.07) is 0. The van der Waals surface area contributed by atoms with Crippen molar-refractivity contribution in [1.82, 2.24) is 15.5 Å². The summed E-state index contributed by atoms with van der Waals surface area (Å²) in [5.74, 6) is 1.59. The highest BCUT2D eigenvalue weighted by molar-refractivity contribution is 14.0. The maximum Gasteiger partial charge on any atom is 0.191 e. The smallest absolute Gasteiger partial charge is 0.191 e. The Morgan fingerprint density at radius 1 is 1.16 bits per heavy atom. The van der Waals surface area contributed by atoms with Crippen LogP contribution in [-0.4, -0.2) is 64.3 Å². The van der Waals surface area contributed by atoms with E-state index in [1.165, 1.54) is 58.2 Å². The lowest BCUT2D eigenvalue weighted by molar-refractivity contribution is 0.0732. The summed E-state index contributed by atoms with van der Waals surface area (Å²) in [5.41, 5.74) is 0.424. The minimum Gasteiger partial charge on any atom is -0.385 e. The molecule has 1 heterocycles. The Hall–Kier alpha value is -0.0800. The Balaban J connectivity index is 0.00000312. The summed E-state index contributed by atoms with van der Waals surface area (Å²) < 4.78 is 5.28. The third-order valence-electron chi connectivity index (χ3n) is 5.74. The zero-order valence-corrected chi connectivity index (χ0v) is 18.8. The van der Waals surface area contributed by atoms with Crippen molar-refractivity contribution in [2.75, 3.05) is 53.5 Å². The van der Waals surface area contributed by atoms with Gasteiger partial charge in [0.1, 0.15) is 0 Å². The molecule has 0 aromatic heterocycles. The zero-order chi connectivity index (χ0) is 17.3. The largest absolute Gasteiger partial charge is 0.385 e. The molecule has 5 nitrogen and oxygen atoms in total. The number of rotatable bonds is 9. The van der Waals surface area contributed by atoms with Crippen molar-refractivity contribution in [3.8, 4) is 0 Å². The van der Waals surface area contributed by atoms with Crippen molar-refractivity contribution in [2.45, 2.75) is 51.9 Å². The number of hydrogen-bond donors (Lipinski definition) is 2. The molecule has 0 aromatic carbocycles. The lowest BCUT2D eigenvalue weighted by Crippen LogP contribution is -2.48. The molecule has 2 N–H and O–H groups in total. The monoisotopic (exact) mass is 466 g/mol. The van der Waals surface area contributed by atoms with E-state index < -0.39 is 0 Å². The fraction of sp³-hybridized carbons (Fsp3) is 0.947. The van der Waals surface area contributed by atoms with Crippen molar-refractivity contribution >= 4 is 29.9 Å². The zero-order valence-electron chi connectivity index (χ0n) is 16.5. The molecule has 2 fully saturated rings. The van der Waals surface area contributed by atoms with Crippen molar-refractivity contribution in [1.29, 1.82) is 0 Å². The van der Waals surface area contributed by atoms with Gasteiger partial charge in [-0.1, -0.05) is 19.8 Å². The molecule has 1 aliphatic heterocycles. The standard InChI is InChI=1S/C19H38N4O.HI/c1-17(15-23-11-5-4-6-12-23)14-21-18(20-2)22-16-19(8-7-9-19)10-13-24-3;/h17H,4-16H2,1-3H3,(H2,20,21,22);1H. The summed E-state index contributed by atoms with van der Waals surface area (Å²) in [7, 11) is 3.66. The molecule has 2 aliphatic rings. The highest BCUT2D eigenvalue weighted by Gasteiger charge is 2.36. The number of nitrogens with zero attached hydrogens (tertiary/aromatic N) is 2. The number of likely N-dealkylation sites (tertiary alicyclic amines) is 1. The lowest BCUT2D eigenvalue weighted by atomic mass is 9.67. The van der Waals surface area contributed by atoms with Gasteiger partial charge in [-0.05, 0) is 56.5 Å². The predicted octanol–water partition coefficient (Wildman–Crippen LogP) is 3.10. The van der Waals surface area contributed by atoms with Crippen molar-refractivity contribution in [3.63, 3.8) is 0 Å². The van der Waals surface area contributed by atoms with Gasteiger partial charge in [0.25, 0.3) is 0 Å². The number of methoxy groups -OCH3 is 1. The van der Waals surface area contributed by atoms with E-state index in [4.69, 9.17) is 4.74 Å². The fourth-order valence-electron chi connectivity index (χ4n) is 3.92. The molecule has 1 aliphatic carbocycles. The van der Waals surface area contributed by atoms with E-state index in [2.05, 4.69) is 27.4 Å². The third kappa shape index (κ3) is 7.99. The molecule has 0 aromatic rings. The van der Waals surface area contributed by atoms with Crippen molar-refractivity contribution < 1.29 is 4.74 Å². The first kappa shape index (κ1) is 23.0. The maximum atomic E-state index is 5.28. The SMILES string of the molecule is CN=C(NCC(C)CN1CCCCC1)NCC1(CCOC)CCC1.I. The van der Waals surface area contributed by atoms with Crippen LogP contribution in [0.25, 0.3) is 0 Å². The van der Waals surface area contributed by atoms with E-state index in [1.54, 1.807) is 7.11 Å². The number of nitrogens with one attached hydrogen (secondary N) is 2. The molecular weight excluding hydrogens is 427 g/mol. The van der Waals surface area contributed by atoms with Crippen LogP contribution in [0.3, 0.4) is 0 Å². The molecule has 6 heteroatoms. The van der Waals surface area contributed by atoms with Crippen LogP contribution in [0.2, 0.25) is 0 Å². The average molecular weight is 466 g/mol. The van der Waals surface area contributed by atoms with Gasteiger partial charge in [-0.3, -0.25) is 4.99 Å². The first-order valence-electron chi connectivity index (χ1n) is 9.83. The van der Waals surface area contributed by atoms with Crippen molar-refractivity contribution in [2.24, 2.45) is 16.3 Å². The van der Waals surface area contributed by atoms with E-state index in [9.17, 15) is 0 Å². The molecule has 1 saturated carbocycles. The predicted molar refractivity (Wildman–Crippen MR) is 117 cm³/mol. The Labute approximate surface area is 171 Å². The number of guanidine groups is 1. The first-order valence-corrected chi connectivity index (χ1v) is 9.83. The van der Waals surface area contributed by atoms with Gasteiger partial charge >= 0.3 is 0 Å². The molecule has 2 rings (SSSR count). The molecular formula is C19H39IN4O. The number of ether oxygens (including phenoxy) is 1. The van der Waals surface area contributed by atoms with Crippen LogP contribution < -0.4 is 10.6 Å². The minimum atomic E-state index is 0. The van der Waals surface area contributed by atoms with Crippen molar-refractivity contribution in [3.05, 3.63) is 0 Å². The molecule has 1 unspecified atom stereocenters. The molecule has 1 saturated heterocycles. The van der Waals surface area contributed by atoms with Gasteiger partial charge < -0.3 is 20.3 Å². The van der Waals surface area contributed by atoms with Gasteiger partial charge in [0.15, 0.2) is 5.96 Å². The Morgan fingerprint density at radius 2 is 1.88 bits per heavy atom. The Morgan fingerprint density at radius 3 is 2.44 bits per heavy atom. The average Bonchev–Trinajstić information content (AvgIpc) is 2.57. The van der Waals surface area contributed by atoms with E-state index in [1.807, 2.05) is 7.05 Å². The molecule has 0 radical (unpaired) electrons.